The molecule has 0 saturated carbocycles. The second-order valence-electron chi connectivity index (χ2n) is 4.40. The molecule has 0 unspecified atom stereocenters. The quantitative estimate of drug-likeness (QED) is 0.771. The summed E-state index contributed by atoms with van der Waals surface area (Å²) in [6.07, 6.45) is 3.17. The van der Waals surface area contributed by atoms with Crippen LogP contribution in [-0.4, -0.2) is 24.7 Å². The maximum Gasteiger partial charge on any atom is 0.239 e. The van der Waals surface area contributed by atoms with Crippen LogP contribution in [-0.2, 0) is 0 Å². The number of nitrogen functional groups attached to an aromatic ring is 1. The van der Waals surface area contributed by atoms with Crippen molar-refractivity contribution in [2.24, 2.45) is 0 Å². The van der Waals surface area contributed by atoms with Crippen molar-refractivity contribution in [2.75, 3.05) is 30.3 Å². The highest BCUT2D eigenvalue weighted by Gasteiger charge is 2.09. The molecule has 0 aliphatic carbocycles. The van der Waals surface area contributed by atoms with E-state index in [0.717, 1.165) is 38.2 Å². The topological polar surface area (TPSA) is 51.4 Å². The third-order valence-corrected chi connectivity index (χ3v) is 2.63. The van der Waals surface area contributed by atoms with E-state index in [9.17, 15) is 0 Å². The van der Waals surface area contributed by atoms with Crippen molar-refractivity contribution in [1.82, 2.24) is 4.98 Å². The minimum atomic E-state index is 0.562. The van der Waals surface area contributed by atoms with Crippen molar-refractivity contribution in [1.29, 1.82) is 0 Å². The van der Waals surface area contributed by atoms with Crippen LogP contribution in [0.4, 0.5) is 11.5 Å². The molecular formula is C14H25N3O. The fourth-order valence-electron chi connectivity index (χ4n) is 1.81. The van der Waals surface area contributed by atoms with E-state index in [-0.39, 0.29) is 0 Å². The first-order valence-electron chi connectivity index (χ1n) is 6.87. The molecule has 1 aromatic heterocycles. The predicted octanol–water partition coefficient (Wildman–Crippen LogP) is 3.08. The van der Waals surface area contributed by atoms with Crippen LogP contribution in [0.5, 0.6) is 5.88 Å². The molecule has 0 bridgehead atoms. The summed E-state index contributed by atoms with van der Waals surface area (Å²) in [6, 6.07) is 3.85. The Morgan fingerprint density at radius 2 is 1.78 bits per heavy atom. The summed E-state index contributed by atoms with van der Waals surface area (Å²) in [5.41, 5.74) is 6.48. The number of hydrogen-bond acceptors (Lipinski definition) is 4. The summed E-state index contributed by atoms with van der Waals surface area (Å²) < 4.78 is 5.57. The van der Waals surface area contributed by atoms with E-state index in [0.29, 0.717) is 18.2 Å². The third kappa shape index (κ3) is 4.09. The van der Waals surface area contributed by atoms with Gasteiger partial charge in [0.25, 0.3) is 0 Å². The van der Waals surface area contributed by atoms with Gasteiger partial charge in [-0.05, 0) is 31.4 Å². The van der Waals surface area contributed by atoms with E-state index in [2.05, 4.69) is 30.7 Å². The van der Waals surface area contributed by atoms with Gasteiger partial charge >= 0.3 is 0 Å². The first kappa shape index (κ1) is 14.6. The zero-order chi connectivity index (χ0) is 13.4. The van der Waals surface area contributed by atoms with E-state index < -0.39 is 0 Å². The maximum absolute atomic E-state index is 5.87. The molecule has 0 amide bonds. The Kier molecular flexibility index (Phi) is 6.33. The maximum atomic E-state index is 5.87. The molecule has 0 aromatic carbocycles. The molecule has 102 valence electrons. The standard InChI is InChI=1S/C14H25N3O/c1-4-9-17(10-5-2)13-8-7-12(15)14(16-13)18-11-6-3/h7-8H,4-6,9-11,15H2,1-3H3. The smallest absolute Gasteiger partial charge is 0.239 e. The van der Waals surface area contributed by atoms with E-state index in [4.69, 9.17) is 10.5 Å². The second kappa shape index (κ2) is 7.80. The number of ether oxygens (including phenoxy) is 1. The molecule has 0 aliphatic heterocycles. The summed E-state index contributed by atoms with van der Waals surface area (Å²) in [6.45, 7) is 9.10. The van der Waals surface area contributed by atoms with Gasteiger partial charge in [0.1, 0.15) is 5.82 Å². The molecule has 4 nitrogen and oxygen atoms in total. The number of aromatic nitrogens is 1. The number of anilines is 2. The molecule has 1 aromatic rings. The average Bonchev–Trinajstić information content (AvgIpc) is 2.38. The largest absolute Gasteiger partial charge is 0.476 e. The van der Waals surface area contributed by atoms with Crippen LogP contribution in [0.25, 0.3) is 0 Å². The Hall–Kier alpha value is -1.45. The van der Waals surface area contributed by atoms with E-state index in [1.54, 1.807) is 0 Å². The molecule has 0 aliphatic rings. The van der Waals surface area contributed by atoms with Gasteiger partial charge in [0.05, 0.1) is 12.3 Å². The SMILES string of the molecule is CCCOc1nc(N(CCC)CCC)ccc1N. The van der Waals surface area contributed by atoms with Crippen LogP contribution in [0.15, 0.2) is 12.1 Å². The van der Waals surface area contributed by atoms with Gasteiger partial charge in [0.15, 0.2) is 0 Å². The Balaban J connectivity index is 2.86. The molecule has 18 heavy (non-hydrogen) atoms. The normalized spacial score (nSPS) is 10.4. The van der Waals surface area contributed by atoms with Crippen molar-refractivity contribution < 1.29 is 4.74 Å². The van der Waals surface area contributed by atoms with E-state index in [1.807, 2.05) is 12.1 Å². The van der Waals surface area contributed by atoms with Crippen LogP contribution in [0, 0.1) is 0 Å². The van der Waals surface area contributed by atoms with Gasteiger partial charge in [-0.2, -0.15) is 4.98 Å². The summed E-state index contributed by atoms with van der Waals surface area (Å²) >= 11 is 0. The molecule has 0 spiro atoms. The van der Waals surface area contributed by atoms with Gasteiger partial charge in [-0.1, -0.05) is 20.8 Å². The van der Waals surface area contributed by atoms with Gasteiger partial charge in [-0.25, -0.2) is 0 Å². The summed E-state index contributed by atoms with van der Waals surface area (Å²) in [5.74, 6) is 1.52. The number of rotatable bonds is 8. The molecule has 0 saturated heterocycles. The second-order valence-corrected chi connectivity index (χ2v) is 4.40. The summed E-state index contributed by atoms with van der Waals surface area (Å²) in [5, 5.41) is 0. The van der Waals surface area contributed by atoms with Gasteiger partial charge < -0.3 is 15.4 Å². The van der Waals surface area contributed by atoms with Crippen LogP contribution < -0.4 is 15.4 Å². The molecule has 0 fully saturated rings. The van der Waals surface area contributed by atoms with Crippen molar-refractivity contribution in [3.8, 4) is 5.88 Å². The zero-order valence-corrected chi connectivity index (χ0v) is 11.8. The van der Waals surface area contributed by atoms with Crippen LogP contribution in [0.1, 0.15) is 40.0 Å². The van der Waals surface area contributed by atoms with E-state index in [1.165, 1.54) is 0 Å². The number of nitrogens with two attached hydrogens (primary N) is 1. The first-order valence-corrected chi connectivity index (χ1v) is 6.87. The van der Waals surface area contributed by atoms with Gasteiger partial charge in [0.2, 0.25) is 5.88 Å². The predicted molar refractivity (Wildman–Crippen MR) is 77.2 cm³/mol. The Bertz CT molecular complexity index is 349. The Labute approximate surface area is 110 Å². The minimum absolute atomic E-state index is 0.562. The Morgan fingerprint density at radius 3 is 2.33 bits per heavy atom. The van der Waals surface area contributed by atoms with Crippen LogP contribution >= 0.6 is 0 Å². The number of nitrogens with zero attached hydrogens (tertiary/aromatic N) is 2. The number of pyridine rings is 1. The lowest BCUT2D eigenvalue weighted by molar-refractivity contribution is 0.307. The lowest BCUT2D eigenvalue weighted by atomic mass is 10.3. The van der Waals surface area contributed by atoms with E-state index >= 15 is 0 Å². The van der Waals surface area contributed by atoms with Crippen molar-refractivity contribution >= 4 is 11.5 Å². The molecule has 2 N–H and O–H groups in total. The average molecular weight is 251 g/mol. The van der Waals surface area contributed by atoms with Crippen molar-refractivity contribution in [2.45, 2.75) is 40.0 Å². The molecule has 4 heteroatoms. The molecular weight excluding hydrogens is 226 g/mol. The van der Waals surface area contributed by atoms with Gasteiger partial charge in [0, 0.05) is 13.1 Å². The minimum Gasteiger partial charge on any atom is -0.476 e. The van der Waals surface area contributed by atoms with Gasteiger partial charge in [-0.3, -0.25) is 0 Å². The molecule has 0 atom stereocenters. The highest BCUT2D eigenvalue weighted by Crippen LogP contribution is 2.23. The fraction of sp³-hybridized carbons (Fsp3) is 0.643. The number of hydrogen-bond donors (Lipinski definition) is 1. The molecule has 1 heterocycles. The Morgan fingerprint density at radius 1 is 1.11 bits per heavy atom. The zero-order valence-electron chi connectivity index (χ0n) is 11.8. The molecule has 0 radical (unpaired) electrons. The highest BCUT2D eigenvalue weighted by atomic mass is 16.5. The lowest BCUT2D eigenvalue weighted by Gasteiger charge is -2.23. The highest BCUT2D eigenvalue weighted by molar-refractivity contribution is 5.54. The third-order valence-electron chi connectivity index (χ3n) is 2.63. The van der Waals surface area contributed by atoms with Crippen LogP contribution in [0.3, 0.4) is 0 Å². The summed E-state index contributed by atoms with van der Waals surface area (Å²) in [4.78, 5) is 6.80. The first-order chi connectivity index (χ1) is 8.72. The van der Waals surface area contributed by atoms with Gasteiger partial charge in [-0.15, -0.1) is 0 Å². The fourth-order valence-corrected chi connectivity index (χ4v) is 1.81. The lowest BCUT2D eigenvalue weighted by Crippen LogP contribution is -2.26. The summed E-state index contributed by atoms with van der Waals surface area (Å²) in [7, 11) is 0. The van der Waals surface area contributed by atoms with Crippen molar-refractivity contribution in [3.63, 3.8) is 0 Å². The monoisotopic (exact) mass is 251 g/mol. The van der Waals surface area contributed by atoms with Crippen LogP contribution in [0.2, 0.25) is 0 Å². The van der Waals surface area contributed by atoms with Crippen molar-refractivity contribution in [3.05, 3.63) is 12.1 Å². The molecule has 1 rings (SSSR count).